The molecule has 0 aromatic heterocycles. The Morgan fingerprint density at radius 2 is 1.66 bits per heavy atom. The Balaban J connectivity index is 1.63. The number of esters is 2. The monoisotopic (exact) mass is 480 g/mol. The van der Waals surface area contributed by atoms with Crippen LogP contribution in [0.1, 0.15) is 49.0 Å². The third kappa shape index (κ3) is 7.23. The van der Waals surface area contributed by atoms with Gasteiger partial charge in [0.2, 0.25) is 5.91 Å². The number of benzene rings is 2. The lowest BCUT2D eigenvalue weighted by molar-refractivity contribution is -0.155. The van der Waals surface area contributed by atoms with Crippen molar-refractivity contribution in [3.05, 3.63) is 71.8 Å². The summed E-state index contributed by atoms with van der Waals surface area (Å²) >= 11 is 0. The largest absolute Gasteiger partial charge is 0.465 e. The Hall–Kier alpha value is -3.52. The molecule has 1 N–H and O–H groups in total. The molecule has 2 aromatic rings. The summed E-state index contributed by atoms with van der Waals surface area (Å²) in [6.07, 6.45) is 1.04. The van der Waals surface area contributed by atoms with Gasteiger partial charge in [-0.15, -0.1) is 0 Å². The molecule has 8 heteroatoms. The van der Waals surface area contributed by atoms with Crippen molar-refractivity contribution in [3.8, 4) is 0 Å². The molecule has 1 heterocycles. The highest BCUT2D eigenvalue weighted by Gasteiger charge is 2.38. The third-order valence-corrected chi connectivity index (χ3v) is 5.91. The molecule has 0 bridgehead atoms. The first-order chi connectivity index (χ1) is 16.9. The second kappa shape index (κ2) is 12.8. The Morgan fingerprint density at radius 1 is 1.00 bits per heavy atom. The number of ether oxygens (including phenoxy) is 2. The van der Waals surface area contributed by atoms with E-state index in [0.29, 0.717) is 24.9 Å². The number of Topliss-reactive ketones (excluding diaryl/α,β-unsaturated/α-hetero) is 1. The summed E-state index contributed by atoms with van der Waals surface area (Å²) in [4.78, 5) is 52.7. The molecule has 3 rings (SSSR count). The summed E-state index contributed by atoms with van der Waals surface area (Å²) in [7, 11) is 0. The van der Waals surface area contributed by atoms with Crippen molar-refractivity contribution in [1.29, 1.82) is 0 Å². The average Bonchev–Trinajstić information content (AvgIpc) is 3.37. The zero-order valence-corrected chi connectivity index (χ0v) is 20.1. The van der Waals surface area contributed by atoms with E-state index in [1.165, 1.54) is 4.90 Å². The summed E-state index contributed by atoms with van der Waals surface area (Å²) in [5, 5.41) is 2.96. The van der Waals surface area contributed by atoms with E-state index in [4.69, 9.17) is 9.47 Å². The van der Waals surface area contributed by atoms with E-state index >= 15 is 0 Å². The highest BCUT2D eigenvalue weighted by Crippen LogP contribution is 2.21. The van der Waals surface area contributed by atoms with Gasteiger partial charge in [-0.2, -0.15) is 0 Å². The summed E-state index contributed by atoms with van der Waals surface area (Å²) in [6.45, 7) is 4.01. The first kappa shape index (κ1) is 26.1. The molecule has 1 saturated heterocycles. The second-order valence-corrected chi connectivity index (χ2v) is 8.47. The molecule has 0 aliphatic carbocycles. The van der Waals surface area contributed by atoms with Crippen LogP contribution in [0.5, 0.6) is 0 Å². The zero-order valence-electron chi connectivity index (χ0n) is 20.1. The highest BCUT2D eigenvalue weighted by molar-refractivity contribution is 5.99. The number of likely N-dealkylation sites (tertiary alicyclic amines) is 1. The van der Waals surface area contributed by atoms with Crippen molar-refractivity contribution in [2.24, 2.45) is 0 Å². The molecule has 3 atom stereocenters. The molecular weight excluding hydrogens is 448 g/mol. The van der Waals surface area contributed by atoms with Gasteiger partial charge in [-0.3, -0.25) is 19.7 Å². The van der Waals surface area contributed by atoms with E-state index in [1.54, 1.807) is 44.2 Å². The third-order valence-electron chi connectivity index (χ3n) is 5.91. The summed E-state index contributed by atoms with van der Waals surface area (Å²) < 4.78 is 10.6. The number of nitrogens with one attached hydrogen (secondary N) is 1. The van der Waals surface area contributed by atoms with Crippen LogP contribution in [-0.4, -0.2) is 59.8 Å². The number of rotatable bonds is 11. The molecule has 0 saturated carbocycles. The number of hydrogen-bond donors (Lipinski definition) is 1. The van der Waals surface area contributed by atoms with E-state index in [0.717, 1.165) is 5.56 Å². The number of nitrogens with zero attached hydrogens (tertiary/aromatic N) is 1. The quantitative estimate of drug-likeness (QED) is 0.390. The van der Waals surface area contributed by atoms with Gasteiger partial charge in [0.15, 0.2) is 5.78 Å². The summed E-state index contributed by atoms with van der Waals surface area (Å²) in [5.74, 6) is -1.62. The summed E-state index contributed by atoms with van der Waals surface area (Å²) in [6, 6.07) is 15.5. The standard InChI is InChI=1S/C27H32N2O6/c1-3-34-26(32)22(17-24(30)21-13-8-5-9-14-21)28-19(2)25(31)29-16-10-15-23(29)27(33)35-18-20-11-6-4-7-12-20/h4-9,11-14,19,22-23,28H,3,10,15-18H2,1-2H3/t19-,22?,23-/m0/s1. The average molecular weight is 481 g/mol. The van der Waals surface area contributed by atoms with E-state index in [-0.39, 0.29) is 31.3 Å². The van der Waals surface area contributed by atoms with Crippen LogP contribution in [0.4, 0.5) is 0 Å². The Morgan fingerprint density at radius 3 is 2.31 bits per heavy atom. The van der Waals surface area contributed by atoms with Crippen LogP contribution >= 0.6 is 0 Å². The molecule has 0 spiro atoms. The molecule has 1 unspecified atom stereocenters. The van der Waals surface area contributed by atoms with Crippen molar-refractivity contribution in [2.75, 3.05) is 13.2 Å². The fourth-order valence-electron chi connectivity index (χ4n) is 4.10. The van der Waals surface area contributed by atoms with E-state index in [1.807, 2.05) is 30.3 Å². The van der Waals surface area contributed by atoms with Crippen LogP contribution in [0.25, 0.3) is 0 Å². The predicted molar refractivity (Wildman–Crippen MR) is 129 cm³/mol. The maximum absolute atomic E-state index is 13.2. The first-order valence-corrected chi connectivity index (χ1v) is 11.9. The summed E-state index contributed by atoms with van der Waals surface area (Å²) in [5.41, 5.74) is 1.34. The van der Waals surface area contributed by atoms with E-state index in [9.17, 15) is 19.2 Å². The van der Waals surface area contributed by atoms with Gasteiger partial charge >= 0.3 is 11.9 Å². The van der Waals surface area contributed by atoms with Gasteiger partial charge < -0.3 is 14.4 Å². The van der Waals surface area contributed by atoms with Crippen molar-refractivity contribution in [2.45, 2.75) is 57.8 Å². The molecule has 2 aromatic carbocycles. The molecule has 35 heavy (non-hydrogen) atoms. The molecule has 1 aliphatic rings. The Bertz CT molecular complexity index is 1010. The second-order valence-electron chi connectivity index (χ2n) is 8.47. The van der Waals surface area contributed by atoms with Crippen LogP contribution < -0.4 is 5.32 Å². The minimum atomic E-state index is -0.993. The fraction of sp³-hybridized carbons (Fsp3) is 0.407. The normalized spacial score (nSPS) is 16.9. The van der Waals surface area contributed by atoms with Gasteiger partial charge in [0.05, 0.1) is 12.6 Å². The van der Waals surface area contributed by atoms with Crippen molar-refractivity contribution >= 4 is 23.6 Å². The number of carbonyl (C=O) groups is 4. The maximum atomic E-state index is 13.2. The smallest absolute Gasteiger partial charge is 0.329 e. The topological polar surface area (TPSA) is 102 Å². The highest BCUT2D eigenvalue weighted by atomic mass is 16.5. The maximum Gasteiger partial charge on any atom is 0.329 e. The Labute approximate surface area is 205 Å². The van der Waals surface area contributed by atoms with Crippen LogP contribution in [0.3, 0.4) is 0 Å². The van der Waals surface area contributed by atoms with Crippen LogP contribution in [0.15, 0.2) is 60.7 Å². The van der Waals surface area contributed by atoms with Gasteiger partial charge in [-0.1, -0.05) is 60.7 Å². The van der Waals surface area contributed by atoms with Crippen molar-refractivity contribution < 1.29 is 28.7 Å². The lowest BCUT2D eigenvalue weighted by atomic mass is 10.0. The van der Waals surface area contributed by atoms with Crippen molar-refractivity contribution in [3.63, 3.8) is 0 Å². The molecule has 186 valence electrons. The lowest BCUT2D eigenvalue weighted by Gasteiger charge is -2.28. The van der Waals surface area contributed by atoms with Crippen LogP contribution in [-0.2, 0) is 30.5 Å². The Kier molecular flexibility index (Phi) is 9.55. The van der Waals surface area contributed by atoms with Crippen LogP contribution in [0, 0.1) is 0 Å². The number of ketones is 1. The van der Waals surface area contributed by atoms with Gasteiger partial charge in [-0.25, -0.2) is 4.79 Å². The van der Waals surface area contributed by atoms with E-state index in [2.05, 4.69) is 5.32 Å². The molecular formula is C27H32N2O6. The molecule has 1 fully saturated rings. The molecule has 1 aliphatic heterocycles. The SMILES string of the molecule is CCOC(=O)C(CC(=O)c1ccccc1)N[C@@H](C)C(=O)N1CCC[C@H]1C(=O)OCc1ccccc1. The number of amides is 1. The van der Waals surface area contributed by atoms with Gasteiger partial charge in [-0.05, 0) is 32.3 Å². The van der Waals surface area contributed by atoms with Gasteiger partial charge in [0.25, 0.3) is 0 Å². The number of carbonyl (C=O) groups excluding carboxylic acids is 4. The lowest BCUT2D eigenvalue weighted by Crippen LogP contribution is -2.53. The van der Waals surface area contributed by atoms with Crippen LogP contribution in [0.2, 0.25) is 0 Å². The van der Waals surface area contributed by atoms with Gasteiger partial charge in [0.1, 0.15) is 18.7 Å². The zero-order chi connectivity index (χ0) is 25.2. The first-order valence-electron chi connectivity index (χ1n) is 11.9. The fourth-order valence-corrected chi connectivity index (χ4v) is 4.10. The van der Waals surface area contributed by atoms with E-state index < -0.39 is 30.1 Å². The number of hydrogen-bond acceptors (Lipinski definition) is 7. The molecule has 1 amide bonds. The molecule has 0 radical (unpaired) electrons. The van der Waals surface area contributed by atoms with Gasteiger partial charge in [0, 0.05) is 18.5 Å². The molecule has 8 nitrogen and oxygen atoms in total. The minimum Gasteiger partial charge on any atom is -0.465 e. The predicted octanol–water partition coefficient (Wildman–Crippen LogP) is 2.90. The minimum absolute atomic E-state index is 0.137. The van der Waals surface area contributed by atoms with Crippen molar-refractivity contribution in [1.82, 2.24) is 10.2 Å².